The van der Waals surface area contributed by atoms with Crippen molar-refractivity contribution in [2.24, 2.45) is 11.8 Å². The largest absolute Gasteiger partial charge is 0.496 e. The van der Waals surface area contributed by atoms with Crippen LogP contribution in [0.25, 0.3) is 0 Å². The molecule has 0 heterocycles. The summed E-state index contributed by atoms with van der Waals surface area (Å²) in [7, 11) is 1.47. The van der Waals surface area contributed by atoms with Gasteiger partial charge >= 0.3 is 0 Å². The highest BCUT2D eigenvalue weighted by molar-refractivity contribution is 5.99. The summed E-state index contributed by atoms with van der Waals surface area (Å²) in [5.41, 5.74) is 0.245. The van der Waals surface area contributed by atoms with Crippen molar-refractivity contribution in [2.75, 3.05) is 13.7 Å². The normalized spacial score (nSPS) is 25.6. The van der Waals surface area contributed by atoms with E-state index in [-0.39, 0.29) is 24.1 Å². The second-order valence-electron chi connectivity index (χ2n) is 6.12. The molecule has 21 heavy (non-hydrogen) atoms. The van der Waals surface area contributed by atoms with Crippen molar-refractivity contribution in [1.29, 1.82) is 0 Å². The molecule has 116 valence electrons. The van der Waals surface area contributed by atoms with E-state index in [0.29, 0.717) is 17.6 Å². The lowest BCUT2D eigenvalue weighted by Gasteiger charge is -2.31. The number of carbonyl (C=O) groups excluding carboxylic acids is 1. The van der Waals surface area contributed by atoms with Gasteiger partial charge in [0.15, 0.2) is 5.78 Å². The number of benzene rings is 1. The maximum atomic E-state index is 13.3. The Bertz CT molecular complexity index is 491. The maximum absolute atomic E-state index is 13.3. The molecule has 0 saturated heterocycles. The first-order valence-corrected chi connectivity index (χ1v) is 7.48. The maximum Gasteiger partial charge on any atom is 0.192 e. The second kappa shape index (κ2) is 7.03. The molecule has 0 bridgehead atoms. The molecule has 0 spiro atoms. The molecule has 1 saturated carbocycles. The fourth-order valence-corrected chi connectivity index (χ4v) is 3.18. The van der Waals surface area contributed by atoms with Crippen LogP contribution in [0.15, 0.2) is 18.2 Å². The summed E-state index contributed by atoms with van der Waals surface area (Å²) in [6, 6.07) is 3.95. The summed E-state index contributed by atoms with van der Waals surface area (Å²) in [5.74, 6) is 0.946. The van der Waals surface area contributed by atoms with Crippen LogP contribution in [-0.2, 0) is 4.74 Å². The van der Waals surface area contributed by atoms with E-state index in [0.717, 1.165) is 12.8 Å². The van der Waals surface area contributed by atoms with Gasteiger partial charge in [0.2, 0.25) is 0 Å². The molecule has 0 amide bonds. The van der Waals surface area contributed by atoms with Crippen molar-refractivity contribution in [1.82, 2.24) is 0 Å². The molecule has 0 N–H and O–H groups in total. The smallest absolute Gasteiger partial charge is 0.192 e. The van der Waals surface area contributed by atoms with Gasteiger partial charge in [-0.05, 0) is 49.3 Å². The lowest BCUT2D eigenvalue weighted by atomic mass is 9.82. The Morgan fingerprint density at radius 3 is 2.52 bits per heavy atom. The van der Waals surface area contributed by atoms with E-state index in [1.807, 2.05) is 0 Å². The van der Waals surface area contributed by atoms with Gasteiger partial charge in [0.05, 0.1) is 18.8 Å². The molecule has 1 fully saturated rings. The van der Waals surface area contributed by atoms with Crippen LogP contribution in [0.2, 0.25) is 0 Å². The molecule has 1 aromatic rings. The monoisotopic (exact) mass is 294 g/mol. The number of halogens is 1. The van der Waals surface area contributed by atoms with Crippen LogP contribution in [0.1, 0.15) is 43.5 Å². The summed E-state index contributed by atoms with van der Waals surface area (Å²) in [6.07, 6.45) is 3.30. The zero-order chi connectivity index (χ0) is 15.4. The molecule has 0 aromatic heterocycles. The summed E-state index contributed by atoms with van der Waals surface area (Å²) in [5, 5.41) is 0. The van der Waals surface area contributed by atoms with E-state index in [4.69, 9.17) is 9.47 Å². The summed E-state index contributed by atoms with van der Waals surface area (Å²) >= 11 is 0. The molecule has 2 atom stereocenters. The average molecular weight is 294 g/mol. The standard InChI is InChI=1S/C17H23FO3/c1-11-6-12(2)8-14(7-11)21-10-16(19)15-9-13(18)4-5-17(15)20-3/h4-5,9,11-12,14H,6-8,10H2,1-3H3. The van der Waals surface area contributed by atoms with E-state index in [1.165, 1.54) is 31.7 Å². The number of hydrogen-bond acceptors (Lipinski definition) is 3. The van der Waals surface area contributed by atoms with Crippen molar-refractivity contribution in [2.45, 2.75) is 39.2 Å². The van der Waals surface area contributed by atoms with E-state index in [1.54, 1.807) is 0 Å². The third kappa shape index (κ3) is 4.27. The SMILES string of the molecule is COc1ccc(F)cc1C(=O)COC1CC(C)CC(C)C1. The number of Topliss-reactive ketones (excluding diaryl/α,β-unsaturated/α-hetero) is 1. The molecule has 2 rings (SSSR count). The molecular weight excluding hydrogens is 271 g/mol. The molecular formula is C17H23FO3. The van der Waals surface area contributed by atoms with Gasteiger partial charge in [-0.3, -0.25) is 4.79 Å². The van der Waals surface area contributed by atoms with Gasteiger partial charge < -0.3 is 9.47 Å². The zero-order valence-corrected chi connectivity index (χ0v) is 12.9. The van der Waals surface area contributed by atoms with Crippen LogP contribution in [0.3, 0.4) is 0 Å². The Morgan fingerprint density at radius 1 is 1.24 bits per heavy atom. The quantitative estimate of drug-likeness (QED) is 0.774. The molecule has 3 nitrogen and oxygen atoms in total. The molecule has 4 heteroatoms. The molecule has 1 aliphatic carbocycles. The van der Waals surface area contributed by atoms with Gasteiger partial charge in [0.25, 0.3) is 0 Å². The Balaban J connectivity index is 1.97. The van der Waals surface area contributed by atoms with E-state index in [2.05, 4.69) is 13.8 Å². The number of rotatable bonds is 5. The predicted octanol–water partition coefficient (Wildman–Crippen LogP) is 3.86. The minimum Gasteiger partial charge on any atom is -0.496 e. The van der Waals surface area contributed by atoms with Gasteiger partial charge in [-0.1, -0.05) is 13.8 Å². The highest BCUT2D eigenvalue weighted by atomic mass is 19.1. The fraction of sp³-hybridized carbons (Fsp3) is 0.588. The summed E-state index contributed by atoms with van der Waals surface area (Å²) < 4.78 is 24.1. The number of methoxy groups -OCH3 is 1. The van der Waals surface area contributed by atoms with Crippen LogP contribution in [0, 0.1) is 17.7 Å². The van der Waals surface area contributed by atoms with E-state index in [9.17, 15) is 9.18 Å². The van der Waals surface area contributed by atoms with Gasteiger partial charge in [-0.2, -0.15) is 0 Å². The van der Waals surface area contributed by atoms with Crippen LogP contribution < -0.4 is 4.74 Å². The van der Waals surface area contributed by atoms with Crippen LogP contribution in [-0.4, -0.2) is 25.6 Å². The van der Waals surface area contributed by atoms with E-state index >= 15 is 0 Å². The van der Waals surface area contributed by atoms with Crippen LogP contribution in [0.4, 0.5) is 4.39 Å². The molecule has 1 aliphatic rings. The number of carbonyl (C=O) groups is 1. The van der Waals surface area contributed by atoms with Crippen molar-refractivity contribution in [3.05, 3.63) is 29.6 Å². The first kappa shape index (κ1) is 16.0. The number of ether oxygens (including phenoxy) is 2. The molecule has 2 unspecified atom stereocenters. The van der Waals surface area contributed by atoms with Crippen molar-refractivity contribution < 1.29 is 18.7 Å². The average Bonchev–Trinajstić information content (AvgIpc) is 2.43. The third-order valence-electron chi connectivity index (χ3n) is 4.05. The Hall–Kier alpha value is -1.42. The molecule has 0 aliphatic heterocycles. The zero-order valence-electron chi connectivity index (χ0n) is 12.9. The van der Waals surface area contributed by atoms with Gasteiger partial charge in [-0.15, -0.1) is 0 Å². The Morgan fingerprint density at radius 2 is 1.90 bits per heavy atom. The van der Waals surface area contributed by atoms with Gasteiger partial charge in [-0.25, -0.2) is 4.39 Å². The lowest BCUT2D eigenvalue weighted by Crippen LogP contribution is -2.28. The lowest BCUT2D eigenvalue weighted by molar-refractivity contribution is 0.00552. The first-order valence-electron chi connectivity index (χ1n) is 7.48. The topological polar surface area (TPSA) is 35.5 Å². The van der Waals surface area contributed by atoms with Gasteiger partial charge in [0.1, 0.15) is 18.2 Å². The highest BCUT2D eigenvalue weighted by Gasteiger charge is 2.25. The van der Waals surface area contributed by atoms with Crippen LogP contribution >= 0.6 is 0 Å². The summed E-state index contributed by atoms with van der Waals surface area (Å²) in [4.78, 5) is 12.2. The van der Waals surface area contributed by atoms with E-state index < -0.39 is 5.82 Å². The summed E-state index contributed by atoms with van der Waals surface area (Å²) in [6.45, 7) is 4.40. The Kier molecular flexibility index (Phi) is 5.34. The molecule has 0 radical (unpaired) electrons. The predicted molar refractivity (Wildman–Crippen MR) is 79.2 cm³/mol. The fourth-order valence-electron chi connectivity index (χ4n) is 3.18. The third-order valence-corrected chi connectivity index (χ3v) is 4.05. The van der Waals surface area contributed by atoms with Crippen molar-refractivity contribution >= 4 is 5.78 Å². The first-order chi connectivity index (χ1) is 9.99. The van der Waals surface area contributed by atoms with Crippen molar-refractivity contribution in [3.8, 4) is 5.75 Å². The minimum atomic E-state index is -0.445. The highest BCUT2D eigenvalue weighted by Crippen LogP contribution is 2.30. The van der Waals surface area contributed by atoms with Crippen LogP contribution in [0.5, 0.6) is 5.75 Å². The molecule has 1 aromatic carbocycles. The van der Waals surface area contributed by atoms with Gasteiger partial charge in [0, 0.05) is 0 Å². The number of hydrogen-bond donors (Lipinski definition) is 0. The number of ketones is 1. The Labute approximate surface area is 125 Å². The minimum absolute atomic E-state index is 0.0239. The second-order valence-corrected chi connectivity index (χ2v) is 6.12. The van der Waals surface area contributed by atoms with Crippen molar-refractivity contribution in [3.63, 3.8) is 0 Å².